The zero-order chi connectivity index (χ0) is 20.4. The number of carbonyl (C=O) groups is 3. The van der Waals surface area contributed by atoms with Gasteiger partial charge >= 0.3 is 17.9 Å². The summed E-state index contributed by atoms with van der Waals surface area (Å²) < 4.78 is 25.1. The van der Waals surface area contributed by atoms with Gasteiger partial charge in [-0.25, -0.2) is 0 Å². The van der Waals surface area contributed by atoms with Crippen LogP contribution in [0.2, 0.25) is 0 Å². The number of fused-ring (bicyclic) bond motifs is 1. The fourth-order valence-corrected chi connectivity index (χ4v) is 4.50. The molecule has 10 heteroatoms. The molecule has 2 aromatic rings. The van der Waals surface area contributed by atoms with Crippen LogP contribution in [-0.2, 0) is 33.3 Å². The zero-order valence-electron chi connectivity index (χ0n) is 15.4. The highest BCUT2D eigenvalue weighted by Crippen LogP contribution is 2.38. The van der Waals surface area contributed by atoms with Crippen molar-refractivity contribution in [1.29, 1.82) is 0 Å². The number of carbonyl (C=O) groups excluding carboxylic acids is 3. The number of thiazole rings is 1. The normalized spacial score (nSPS) is 24.1. The van der Waals surface area contributed by atoms with Crippen molar-refractivity contribution in [3.63, 3.8) is 0 Å². The summed E-state index contributed by atoms with van der Waals surface area (Å²) in [5.41, 5.74) is 0.800. The van der Waals surface area contributed by atoms with E-state index in [4.69, 9.17) is 31.2 Å². The summed E-state index contributed by atoms with van der Waals surface area (Å²) in [5, 5.41) is 0. The van der Waals surface area contributed by atoms with Crippen LogP contribution in [-0.4, -0.2) is 47.4 Å². The van der Waals surface area contributed by atoms with Gasteiger partial charge < -0.3 is 18.9 Å². The highest BCUT2D eigenvalue weighted by molar-refractivity contribution is 7.73. The van der Waals surface area contributed by atoms with E-state index in [1.807, 2.05) is 24.3 Å². The van der Waals surface area contributed by atoms with E-state index in [1.165, 1.54) is 32.1 Å². The number of hydrogen-bond acceptors (Lipinski definition) is 9. The molecule has 3 rings (SSSR count). The van der Waals surface area contributed by atoms with Crippen LogP contribution in [0, 0.1) is 3.95 Å². The monoisotopic (exact) mass is 425 g/mol. The van der Waals surface area contributed by atoms with Crippen LogP contribution in [0.15, 0.2) is 24.3 Å². The molecule has 28 heavy (non-hydrogen) atoms. The van der Waals surface area contributed by atoms with E-state index in [9.17, 15) is 14.4 Å². The fraction of sp³-hybridized carbons (Fsp3) is 0.444. The molecule has 1 saturated heterocycles. The summed E-state index contributed by atoms with van der Waals surface area (Å²) in [6.45, 7) is 3.61. The number of aromatic nitrogens is 1. The molecule has 0 radical (unpaired) electrons. The summed E-state index contributed by atoms with van der Waals surface area (Å²) in [6.07, 6.45) is -3.56. The van der Waals surface area contributed by atoms with Crippen molar-refractivity contribution in [3.05, 3.63) is 28.2 Å². The average molecular weight is 425 g/mol. The highest BCUT2D eigenvalue weighted by atomic mass is 32.1. The highest BCUT2D eigenvalue weighted by Gasteiger charge is 2.51. The number of benzene rings is 1. The van der Waals surface area contributed by atoms with Crippen LogP contribution in [0.5, 0.6) is 0 Å². The fourth-order valence-electron chi connectivity index (χ4n) is 3.13. The van der Waals surface area contributed by atoms with Crippen LogP contribution in [0.3, 0.4) is 0 Å². The number of nitrogens with zero attached hydrogens (tertiary/aromatic N) is 1. The zero-order valence-corrected chi connectivity index (χ0v) is 17.1. The molecule has 4 atom stereocenters. The SMILES string of the molecule is CC(=O)OC[C@H]1O[C@@H](n2c(=S)sc3ccccc32)[C@H](OC(C)=O)[C@@H]1OC(C)=O. The van der Waals surface area contributed by atoms with Crippen molar-refractivity contribution in [1.82, 2.24) is 4.57 Å². The summed E-state index contributed by atoms with van der Waals surface area (Å²) in [7, 11) is 0. The summed E-state index contributed by atoms with van der Waals surface area (Å²) in [5.74, 6) is -1.64. The third-order valence-electron chi connectivity index (χ3n) is 4.11. The number of rotatable bonds is 5. The first-order valence-corrected chi connectivity index (χ1v) is 9.73. The molecule has 0 amide bonds. The third-order valence-corrected chi connectivity index (χ3v) is 5.50. The van der Waals surface area contributed by atoms with Gasteiger partial charge in [-0.05, 0) is 24.4 Å². The van der Waals surface area contributed by atoms with Crippen LogP contribution < -0.4 is 0 Å². The van der Waals surface area contributed by atoms with Crippen LogP contribution in [0.25, 0.3) is 10.2 Å². The Bertz CT molecular complexity index is 966. The van der Waals surface area contributed by atoms with Crippen molar-refractivity contribution < 1.29 is 33.3 Å². The Morgan fingerprint density at radius 2 is 1.71 bits per heavy atom. The third kappa shape index (κ3) is 4.23. The Balaban J connectivity index is 2.05. The number of ether oxygens (including phenoxy) is 4. The molecule has 0 bridgehead atoms. The maximum Gasteiger partial charge on any atom is 0.303 e. The second kappa shape index (κ2) is 8.38. The van der Waals surface area contributed by atoms with Gasteiger partial charge in [0.25, 0.3) is 0 Å². The van der Waals surface area contributed by atoms with Crippen LogP contribution in [0.1, 0.15) is 27.0 Å². The molecule has 1 aromatic carbocycles. The van der Waals surface area contributed by atoms with E-state index < -0.39 is 42.4 Å². The number of esters is 3. The molecule has 0 spiro atoms. The Kier molecular flexibility index (Phi) is 6.11. The van der Waals surface area contributed by atoms with Gasteiger partial charge in [-0.15, -0.1) is 11.3 Å². The van der Waals surface area contributed by atoms with E-state index in [-0.39, 0.29) is 6.61 Å². The van der Waals surface area contributed by atoms with Crippen molar-refractivity contribution in [2.24, 2.45) is 0 Å². The average Bonchev–Trinajstić information content (AvgIpc) is 3.09. The topological polar surface area (TPSA) is 93.1 Å². The Morgan fingerprint density at radius 1 is 1.07 bits per heavy atom. The summed E-state index contributed by atoms with van der Waals surface area (Å²) in [6, 6.07) is 7.54. The first-order chi connectivity index (χ1) is 13.3. The summed E-state index contributed by atoms with van der Waals surface area (Å²) in [4.78, 5) is 34.6. The van der Waals surface area contributed by atoms with E-state index in [1.54, 1.807) is 4.57 Å². The molecule has 1 aromatic heterocycles. The molecular formula is C18H19NO7S2. The maximum atomic E-state index is 11.7. The van der Waals surface area contributed by atoms with Gasteiger partial charge in [0.2, 0.25) is 0 Å². The Morgan fingerprint density at radius 3 is 2.36 bits per heavy atom. The molecule has 150 valence electrons. The van der Waals surface area contributed by atoms with Crippen LogP contribution in [0.4, 0.5) is 0 Å². The second-order valence-electron chi connectivity index (χ2n) is 6.22. The largest absolute Gasteiger partial charge is 0.463 e. The van der Waals surface area contributed by atoms with E-state index in [0.29, 0.717) is 3.95 Å². The predicted molar refractivity (Wildman–Crippen MR) is 102 cm³/mol. The van der Waals surface area contributed by atoms with Gasteiger partial charge in [-0.1, -0.05) is 12.1 Å². The molecule has 0 saturated carbocycles. The van der Waals surface area contributed by atoms with E-state index in [2.05, 4.69) is 0 Å². The van der Waals surface area contributed by atoms with Crippen molar-refractivity contribution >= 4 is 51.7 Å². The van der Waals surface area contributed by atoms with Crippen molar-refractivity contribution in [2.45, 2.75) is 45.3 Å². The molecule has 1 fully saturated rings. The molecule has 0 N–H and O–H groups in total. The minimum Gasteiger partial charge on any atom is -0.463 e. The smallest absolute Gasteiger partial charge is 0.303 e. The van der Waals surface area contributed by atoms with Gasteiger partial charge in [-0.3, -0.25) is 19.0 Å². The molecule has 2 heterocycles. The lowest BCUT2D eigenvalue weighted by atomic mass is 10.1. The molecule has 0 unspecified atom stereocenters. The minimum atomic E-state index is -0.952. The van der Waals surface area contributed by atoms with Gasteiger partial charge in [0.15, 0.2) is 22.4 Å². The molecular weight excluding hydrogens is 406 g/mol. The second-order valence-corrected chi connectivity index (χ2v) is 7.90. The van der Waals surface area contributed by atoms with Crippen molar-refractivity contribution in [2.75, 3.05) is 6.61 Å². The minimum absolute atomic E-state index is 0.156. The van der Waals surface area contributed by atoms with Crippen LogP contribution >= 0.6 is 23.6 Å². The predicted octanol–water partition coefficient (Wildman–Crippen LogP) is 2.76. The lowest BCUT2D eigenvalue weighted by molar-refractivity contribution is -0.166. The van der Waals surface area contributed by atoms with Gasteiger partial charge in [0.05, 0.1) is 10.2 Å². The Hall–Kier alpha value is -2.30. The van der Waals surface area contributed by atoms with Crippen molar-refractivity contribution in [3.8, 4) is 0 Å². The molecule has 0 aliphatic carbocycles. The molecule has 8 nitrogen and oxygen atoms in total. The summed E-state index contributed by atoms with van der Waals surface area (Å²) >= 11 is 6.88. The van der Waals surface area contributed by atoms with Gasteiger partial charge in [-0.2, -0.15) is 0 Å². The standard InChI is InChI=1S/C18H19NO7S2/c1-9(20)23-8-13-15(24-10(2)21)16(25-11(3)22)17(26-13)19-12-6-4-5-7-14(12)28-18(19)27/h4-7,13,15-17H,8H2,1-3H3/t13-,15-,16-,17-/m1/s1. The van der Waals surface area contributed by atoms with E-state index >= 15 is 0 Å². The lowest BCUT2D eigenvalue weighted by Gasteiger charge is -2.24. The first kappa shape index (κ1) is 20.4. The van der Waals surface area contributed by atoms with Gasteiger partial charge in [0, 0.05) is 20.8 Å². The first-order valence-electron chi connectivity index (χ1n) is 8.51. The maximum absolute atomic E-state index is 11.7. The number of hydrogen-bond donors (Lipinski definition) is 0. The molecule has 1 aliphatic heterocycles. The number of para-hydroxylation sites is 1. The molecule has 1 aliphatic rings. The Labute approximate surface area is 169 Å². The van der Waals surface area contributed by atoms with E-state index in [0.717, 1.165) is 10.2 Å². The quantitative estimate of drug-likeness (QED) is 0.410. The van der Waals surface area contributed by atoms with Gasteiger partial charge in [0.1, 0.15) is 12.7 Å². The lowest BCUT2D eigenvalue weighted by Crippen LogP contribution is -2.40.